The second-order valence-electron chi connectivity index (χ2n) is 10.9. The van der Waals surface area contributed by atoms with Crippen molar-refractivity contribution in [2.24, 2.45) is 4.99 Å². The second-order valence-corrected chi connectivity index (χ2v) is 10.9. The van der Waals surface area contributed by atoms with Crippen LogP contribution in [-0.2, 0) is 0 Å². The average Bonchev–Trinajstić information content (AvgIpc) is 3.45. The molecule has 2 aliphatic heterocycles. The Morgan fingerprint density at radius 1 is 0.833 bits per heavy atom. The number of ketones is 1. The Labute approximate surface area is 244 Å². The summed E-state index contributed by atoms with van der Waals surface area (Å²) in [4.78, 5) is 32.7. The number of benzene rings is 4. The van der Waals surface area contributed by atoms with E-state index >= 15 is 0 Å². The Balaban J connectivity index is 1.06. The molecule has 0 N–H and O–H groups in total. The van der Waals surface area contributed by atoms with E-state index < -0.39 is 0 Å². The maximum atomic E-state index is 13.1. The third kappa shape index (κ3) is 4.69. The highest BCUT2D eigenvalue weighted by molar-refractivity contribution is 6.20. The molecular weight excluding hydrogens is 524 g/mol. The molecule has 1 saturated heterocycles. The zero-order valence-corrected chi connectivity index (χ0v) is 23.4. The lowest BCUT2D eigenvalue weighted by molar-refractivity contribution is 0.0774. The standard InChI is InChI=1S/C36H30N2O4/c1-23-18-32-33(37-22-25-9-7-15-38(25)36(32)40)21-34(23)42-17-16-41-26-10-6-8-24(19-26)20-31-27-11-2-4-13-29(27)35(39)30-14-5-3-12-28(30)31/h2-6,8,10-14,18-22,25H,7,9,15-17H2,1H3/t25-/m0/s1. The molecule has 0 radical (unpaired) electrons. The van der Waals surface area contributed by atoms with Gasteiger partial charge in [-0.2, -0.15) is 0 Å². The van der Waals surface area contributed by atoms with E-state index in [2.05, 4.69) is 11.1 Å². The van der Waals surface area contributed by atoms with Gasteiger partial charge in [0.25, 0.3) is 5.91 Å². The van der Waals surface area contributed by atoms with Gasteiger partial charge in [-0.1, -0.05) is 60.7 Å². The van der Waals surface area contributed by atoms with E-state index in [1.54, 1.807) is 0 Å². The van der Waals surface area contributed by atoms with Crippen molar-refractivity contribution in [1.29, 1.82) is 0 Å². The predicted molar refractivity (Wildman–Crippen MR) is 164 cm³/mol. The molecule has 0 spiro atoms. The number of hydrogen-bond donors (Lipinski definition) is 0. The van der Waals surface area contributed by atoms with Gasteiger partial charge in [0.2, 0.25) is 0 Å². The van der Waals surface area contributed by atoms with Gasteiger partial charge in [0.15, 0.2) is 5.78 Å². The first-order valence-corrected chi connectivity index (χ1v) is 14.4. The summed E-state index contributed by atoms with van der Waals surface area (Å²) >= 11 is 0. The number of hydrogen-bond acceptors (Lipinski definition) is 5. The van der Waals surface area contributed by atoms with Gasteiger partial charge in [0.05, 0.1) is 17.3 Å². The largest absolute Gasteiger partial charge is 0.490 e. The van der Waals surface area contributed by atoms with Crippen LogP contribution in [-0.4, -0.2) is 48.6 Å². The van der Waals surface area contributed by atoms with Crippen molar-refractivity contribution in [2.75, 3.05) is 19.8 Å². The lowest BCUT2D eigenvalue weighted by Gasteiger charge is -2.21. The first kappa shape index (κ1) is 26.0. The summed E-state index contributed by atoms with van der Waals surface area (Å²) in [6.07, 6.45) is 5.98. The Bertz CT molecular complexity index is 1740. The van der Waals surface area contributed by atoms with Crippen molar-refractivity contribution in [3.05, 3.63) is 124 Å². The van der Waals surface area contributed by atoms with Crippen molar-refractivity contribution in [2.45, 2.75) is 25.8 Å². The molecule has 0 unspecified atom stereocenters. The Kier molecular flexibility index (Phi) is 6.67. The normalized spacial score (nSPS) is 16.7. The van der Waals surface area contributed by atoms with Gasteiger partial charge in [0, 0.05) is 30.0 Å². The third-order valence-electron chi connectivity index (χ3n) is 8.17. The third-order valence-corrected chi connectivity index (χ3v) is 8.17. The highest BCUT2D eigenvalue weighted by Gasteiger charge is 2.32. The molecule has 0 aromatic heterocycles. The smallest absolute Gasteiger partial charge is 0.256 e. The minimum Gasteiger partial charge on any atom is -0.490 e. The van der Waals surface area contributed by atoms with E-state index in [1.165, 1.54) is 0 Å². The number of rotatable bonds is 6. The lowest BCUT2D eigenvalue weighted by atomic mass is 9.81. The fourth-order valence-electron chi connectivity index (χ4n) is 6.08. The number of aryl methyl sites for hydroxylation is 1. The van der Waals surface area contributed by atoms with Gasteiger partial charge < -0.3 is 14.4 Å². The first-order chi connectivity index (χ1) is 20.6. The summed E-state index contributed by atoms with van der Waals surface area (Å²) in [6.45, 7) is 3.43. The zero-order chi connectivity index (χ0) is 28.6. The van der Waals surface area contributed by atoms with Gasteiger partial charge in [-0.05, 0) is 71.9 Å². The van der Waals surface area contributed by atoms with Crippen LogP contribution in [0.2, 0.25) is 0 Å². The molecule has 1 atom stereocenters. The van der Waals surface area contributed by atoms with Gasteiger partial charge in [0.1, 0.15) is 24.7 Å². The molecule has 0 saturated carbocycles. The van der Waals surface area contributed by atoms with Gasteiger partial charge >= 0.3 is 0 Å². The molecule has 6 nitrogen and oxygen atoms in total. The van der Waals surface area contributed by atoms with Crippen molar-refractivity contribution in [3.63, 3.8) is 0 Å². The van der Waals surface area contributed by atoms with E-state index in [-0.39, 0.29) is 17.7 Å². The summed E-state index contributed by atoms with van der Waals surface area (Å²) in [6, 6.07) is 27.3. The molecule has 1 amide bonds. The number of ether oxygens (including phenoxy) is 2. The maximum Gasteiger partial charge on any atom is 0.256 e. The molecule has 2 heterocycles. The summed E-state index contributed by atoms with van der Waals surface area (Å²) in [5.74, 6) is 1.53. The SMILES string of the molecule is Cc1cc2c(cc1OCCOc1cccc(C=C3c4ccccc4C(=O)c4ccccc43)c1)N=C[C@@H]1CCCN1C2=O. The van der Waals surface area contributed by atoms with Crippen molar-refractivity contribution < 1.29 is 19.1 Å². The van der Waals surface area contributed by atoms with Gasteiger partial charge in [-0.15, -0.1) is 0 Å². The van der Waals surface area contributed by atoms with Gasteiger partial charge in [-0.3, -0.25) is 14.6 Å². The van der Waals surface area contributed by atoms with Crippen molar-refractivity contribution in [1.82, 2.24) is 4.90 Å². The van der Waals surface area contributed by atoms with E-state index in [9.17, 15) is 9.59 Å². The minimum absolute atomic E-state index is 0.0460. The van der Waals surface area contributed by atoms with Crippen LogP contribution < -0.4 is 9.47 Å². The quantitative estimate of drug-likeness (QED) is 0.214. The van der Waals surface area contributed by atoms with Crippen LogP contribution in [0.15, 0.2) is 89.9 Å². The molecule has 4 aromatic rings. The summed E-state index contributed by atoms with van der Waals surface area (Å²) < 4.78 is 12.1. The summed E-state index contributed by atoms with van der Waals surface area (Å²) in [5, 5.41) is 0. The molecule has 1 fully saturated rings. The summed E-state index contributed by atoms with van der Waals surface area (Å²) in [7, 11) is 0. The molecular formula is C36H30N2O4. The molecule has 4 aromatic carbocycles. The zero-order valence-electron chi connectivity index (χ0n) is 23.4. The van der Waals surface area contributed by atoms with Crippen LogP contribution in [0.5, 0.6) is 11.5 Å². The molecule has 1 aliphatic carbocycles. The fourth-order valence-corrected chi connectivity index (χ4v) is 6.08. The van der Waals surface area contributed by atoms with Crippen molar-refractivity contribution in [3.8, 4) is 11.5 Å². The average molecular weight is 555 g/mol. The number of fused-ring (bicyclic) bond motifs is 4. The molecule has 6 heteroatoms. The Morgan fingerprint density at radius 3 is 2.31 bits per heavy atom. The lowest BCUT2D eigenvalue weighted by Crippen LogP contribution is -2.35. The molecule has 208 valence electrons. The molecule has 42 heavy (non-hydrogen) atoms. The second kappa shape index (κ2) is 10.8. The number of carbonyl (C=O) groups is 2. The van der Waals surface area contributed by atoms with Crippen LogP contribution in [0, 0.1) is 6.92 Å². The fraction of sp³-hybridized carbons (Fsp3) is 0.194. The first-order valence-electron chi connectivity index (χ1n) is 14.4. The van der Waals surface area contributed by atoms with E-state index in [4.69, 9.17) is 9.47 Å². The number of nitrogens with zero attached hydrogens (tertiary/aromatic N) is 2. The topological polar surface area (TPSA) is 68.2 Å². The maximum absolute atomic E-state index is 13.1. The number of carbonyl (C=O) groups excluding carboxylic acids is 2. The Morgan fingerprint density at radius 2 is 1.55 bits per heavy atom. The van der Waals surface area contributed by atoms with Crippen LogP contribution in [0.3, 0.4) is 0 Å². The van der Waals surface area contributed by atoms with Crippen LogP contribution >= 0.6 is 0 Å². The van der Waals surface area contributed by atoms with Crippen LogP contribution in [0.1, 0.15) is 61.4 Å². The van der Waals surface area contributed by atoms with E-state index in [0.29, 0.717) is 30.2 Å². The molecule has 3 aliphatic rings. The number of amides is 1. The minimum atomic E-state index is 0.0460. The molecule has 7 rings (SSSR count). The van der Waals surface area contributed by atoms with Gasteiger partial charge in [-0.25, -0.2) is 0 Å². The highest BCUT2D eigenvalue weighted by Crippen LogP contribution is 2.37. The van der Waals surface area contributed by atoms with Crippen molar-refractivity contribution >= 4 is 35.2 Å². The van der Waals surface area contributed by atoms with Crippen LogP contribution in [0.4, 0.5) is 5.69 Å². The monoisotopic (exact) mass is 554 g/mol. The van der Waals surface area contributed by atoms with Crippen LogP contribution in [0.25, 0.3) is 11.6 Å². The summed E-state index contributed by atoms with van der Waals surface area (Å²) in [5.41, 5.74) is 7.49. The number of aliphatic imine (C=N–C) groups is 1. The van der Waals surface area contributed by atoms with E-state index in [1.807, 2.05) is 103 Å². The highest BCUT2D eigenvalue weighted by atomic mass is 16.5. The Hall–Kier alpha value is -4.97. The molecule has 0 bridgehead atoms. The predicted octanol–water partition coefficient (Wildman–Crippen LogP) is 6.91. The van der Waals surface area contributed by atoms with E-state index in [0.717, 1.165) is 64.1 Å².